The third-order valence-electron chi connectivity index (χ3n) is 6.54. The Labute approximate surface area is 249 Å². The third-order valence-corrected chi connectivity index (χ3v) is 6.54. The average Bonchev–Trinajstić information content (AvgIpc) is 2.91. The Bertz CT molecular complexity index is 783. The number of rotatable bonds is 26. The lowest BCUT2D eigenvalue weighted by Gasteiger charge is -2.31. The van der Waals surface area contributed by atoms with Crippen LogP contribution >= 0.6 is 0 Å². The number of allylic oxidation sites excluding steroid dienone is 6. The normalized spacial score (nSPS) is 13.7. The molecule has 0 aliphatic heterocycles. The van der Waals surface area contributed by atoms with E-state index in [4.69, 9.17) is 14.2 Å². The molecule has 0 radical (unpaired) electrons. The van der Waals surface area contributed by atoms with E-state index in [-0.39, 0.29) is 49.1 Å². The van der Waals surface area contributed by atoms with Crippen molar-refractivity contribution in [3.05, 3.63) is 36.5 Å². The van der Waals surface area contributed by atoms with Gasteiger partial charge in [-0.15, -0.1) is 0 Å². The Morgan fingerprint density at radius 3 is 2.07 bits per heavy atom. The zero-order chi connectivity index (χ0) is 30.8. The largest absolute Gasteiger partial charge is 0.477 e. The first-order chi connectivity index (χ1) is 19.6. The van der Waals surface area contributed by atoms with E-state index < -0.39 is 18.1 Å². The van der Waals surface area contributed by atoms with Crippen LogP contribution in [0.3, 0.4) is 0 Å². The highest BCUT2D eigenvalue weighted by atomic mass is 16.6. The van der Waals surface area contributed by atoms with Crippen molar-refractivity contribution in [2.45, 2.75) is 116 Å². The molecule has 0 bridgehead atoms. The van der Waals surface area contributed by atoms with E-state index in [2.05, 4.69) is 44.2 Å². The standard InChI is InChI=1S/C33H57NO7/c1-6-8-10-12-14-16-18-20-22-24-32(36)41-29(27-39-26-25-30(33(37)38)34(3,4)5)28-40-31(35)23-21-19-17-15-13-11-9-7-2/h8,10,14,16-17,19,29-30H,6-7,9,11-13,15,18,20-28H2,1-5H3/p+1/b10-8+,16-14+,19-17+. The second kappa shape index (κ2) is 25.3. The summed E-state index contributed by atoms with van der Waals surface area (Å²) in [5.41, 5.74) is 0. The van der Waals surface area contributed by atoms with Gasteiger partial charge >= 0.3 is 17.9 Å². The minimum Gasteiger partial charge on any atom is -0.477 e. The van der Waals surface area contributed by atoms with Crippen LogP contribution in [0, 0.1) is 0 Å². The molecule has 236 valence electrons. The lowest BCUT2D eigenvalue weighted by Crippen LogP contribution is -2.50. The van der Waals surface area contributed by atoms with Crippen molar-refractivity contribution in [3.8, 4) is 0 Å². The van der Waals surface area contributed by atoms with Gasteiger partial charge in [0.25, 0.3) is 0 Å². The molecule has 0 aliphatic carbocycles. The number of ether oxygens (including phenoxy) is 3. The number of quaternary nitrogens is 1. The van der Waals surface area contributed by atoms with Crippen LogP contribution in [-0.4, -0.2) is 80.6 Å². The molecule has 0 aromatic rings. The number of carboxylic acid groups (broad SMARTS) is 1. The number of unbranched alkanes of at least 4 members (excludes halogenated alkanes) is 6. The highest BCUT2D eigenvalue weighted by Gasteiger charge is 2.31. The number of hydrogen-bond donors (Lipinski definition) is 1. The molecule has 1 N–H and O–H groups in total. The van der Waals surface area contributed by atoms with Crippen LogP contribution in [0.5, 0.6) is 0 Å². The van der Waals surface area contributed by atoms with Crippen LogP contribution in [0.4, 0.5) is 0 Å². The van der Waals surface area contributed by atoms with E-state index in [9.17, 15) is 19.5 Å². The second-order valence-corrected chi connectivity index (χ2v) is 11.3. The number of carbonyl (C=O) groups is 3. The van der Waals surface area contributed by atoms with E-state index in [0.29, 0.717) is 19.3 Å². The number of carboxylic acids is 1. The molecule has 0 rings (SSSR count). The van der Waals surface area contributed by atoms with Gasteiger partial charge in [-0.1, -0.05) is 69.6 Å². The Morgan fingerprint density at radius 1 is 0.756 bits per heavy atom. The first kappa shape index (κ1) is 38.5. The summed E-state index contributed by atoms with van der Waals surface area (Å²) in [5.74, 6) is -1.59. The lowest BCUT2D eigenvalue weighted by atomic mass is 10.1. The van der Waals surface area contributed by atoms with Crippen LogP contribution < -0.4 is 0 Å². The molecule has 8 heteroatoms. The minimum atomic E-state index is -0.889. The number of nitrogens with zero attached hydrogens (tertiary/aromatic N) is 1. The van der Waals surface area contributed by atoms with Crippen LogP contribution in [0.2, 0.25) is 0 Å². The molecule has 8 nitrogen and oxygen atoms in total. The molecule has 2 unspecified atom stereocenters. The highest BCUT2D eigenvalue weighted by molar-refractivity contribution is 5.72. The number of hydrogen-bond acceptors (Lipinski definition) is 6. The summed E-state index contributed by atoms with van der Waals surface area (Å²) in [6.45, 7) is 4.44. The monoisotopic (exact) mass is 580 g/mol. The molecule has 0 spiro atoms. The summed E-state index contributed by atoms with van der Waals surface area (Å²) < 4.78 is 16.9. The van der Waals surface area contributed by atoms with Gasteiger partial charge in [0.1, 0.15) is 6.61 Å². The fourth-order valence-corrected chi connectivity index (χ4v) is 4.08. The van der Waals surface area contributed by atoms with Gasteiger partial charge in [-0.05, 0) is 51.4 Å². The molecule has 2 atom stereocenters. The highest BCUT2D eigenvalue weighted by Crippen LogP contribution is 2.10. The van der Waals surface area contributed by atoms with Crippen molar-refractivity contribution in [1.29, 1.82) is 0 Å². The zero-order valence-electron chi connectivity index (χ0n) is 26.5. The van der Waals surface area contributed by atoms with Crippen molar-refractivity contribution in [1.82, 2.24) is 0 Å². The molecular weight excluding hydrogens is 522 g/mol. The topological polar surface area (TPSA) is 99.1 Å². The van der Waals surface area contributed by atoms with E-state index in [0.717, 1.165) is 38.5 Å². The molecule has 0 saturated carbocycles. The Balaban J connectivity index is 4.64. The van der Waals surface area contributed by atoms with Gasteiger partial charge in [-0.3, -0.25) is 9.59 Å². The summed E-state index contributed by atoms with van der Waals surface area (Å²) in [6.07, 6.45) is 23.7. The molecular formula is C33H58NO7+. The van der Waals surface area contributed by atoms with Gasteiger partial charge in [0.15, 0.2) is 12.1 Å². The summed E-state index contributed by atoms with van der Waals surface area (Å²) in [4.78, 5) is 36.3. The Morgan fingerprint density at radius 2 is 1.41 bits per heavy atom. The first-order valence-electron chi connectivity index (χ1n) is 15.5. The average molecular weight is 581 g/mol. The minimum absolute atomic E-state index is 0.0359. The molecule has 41 heavy (non-hydrogen) atoms. The number of esters is 2. The Hall–Kier alpha value is -2.45. The summed E-state index contributed by atoms with van der Waals surface area (Å²) in [6, 6.07) is -0.620. The maximum atomic E-state index is 12.5. The molecule has 0 saturated heterocycles. The second-order valence-electron chi connectivity index (χ2n) is 11.3. The summed E-state index contributed by atoms with van der Waals surface area (Å²) in [7, 11) is 5.47. The van der Waals surface area contributed by atoms with Crippen LogP contribution in [0.1, 0.15) is 104 Å². The third kappa shape index (κ3) is 23.9. The quantitative estimate of drug-likeness (QED) is 0.0521. The van der Waals surface area contributed by atoms with Crippen molar-refractivity contribution in [2.24, 2.45) is 0 Å². The lowest BCUT2D eigenvalue weighted by molar-refractivity contribution is -0.887. The van der Waals surface area contributed by atoms with Gasteiger partial charge in [-0.2, -0.15) is 0 Å². The Kier molecular flexibility index (Phi) is 23.8. The van der Waals surface area contributed by atoms with Crippen LogP contribution in [0.15, 0.2) is 36.5 Å². The SMILES string of the molecule is CC/C=C/C/C=C/CCCCC(=O)OC(COCCC(C(=O)O)[N+](C)(C)C)COC(=O)CC/C=C/CCCCCC. The molecule has 0 aromatic carbocycles. The maximum absolute atomic E-state index is 12.5. The van der Waals surface area contributed by atoms with Crippen molar-refractivity contribution < 1.29 is 38.2 Å². The van der Waals surface area contributed by atoms with Crippen molar-refractivity contribution in [3.63, 3.8) is 0 Å². The van der Waals surface area contributed by atoms with Crippen molar-refractivity contribution in [2.75, 3.05) is 41.0 Å². The van der Waals surface area contributed by atoms with E-state index in [1.165, 1.54) is 19.3 Å². The van der Waals surface area contributed by atoms with Crippen LogP contribution in [0.25, 0.3) is 0 Å². The van der Waals surface area contributed by atoms with Crippen molar-refractivity contribution >= 4 is 17.9 Å². The molecule has 0 heterocycles. The van der Waals surface area contributed by atoms with Gasteiger partial charge in [0.05, 0.1) is 34.4 Å². The summed E-state index contributed by atoms with van der Waals surface area (Å²) >= 11 is 0. The smallest absolute Gasteiger partial charge is 0.362 e. The molecule has 0 amide bonds. The molecule has 0 fully saturated rings. The maximum Gasteiger partial charge on any atom is 0.362 e. The number of carbonyl (C=O) groups excluding carboxylic acids is 2. The van der Waals surface area contributed by atoms with E-state index in [1.54, 1.807) is 0 Å². The number of aliphatic carboxylic acids is 1. The van der Waals surface area contributed by atoms with E-state index in [1.807, 2.05) is 27.2 Å². The number of likely N-dealkylation sites (N-methyl/N-ethyl adjacent to an activating group) is 1. The van der Waals surface area contributed by atoms with Gasteiger partial charge in [0.2, 0.25) is 0 Å². The fourth-order valence-electron chi connectivity index (χ4n) is 4.08. The van der Waals surface area contributed by atoms with Crippen LogP contribution in [-0.2, 0) is 28.6 Å². The van der Waals surface area contributed by atoms with Gasteiger partial charge < -0.3 is 23.8 Å². The molecule has 0 aliphatic rings. The van der Waals surface area contributed by atoms with Gasteiger partial charge in [0, 0.05) is 19.3 Å². The predicted octanol–water partition coefficient (Wildman–Crippen LogP) is 6.79. The summed E-state index contributed by atoms with van der Waals surface area (Å²) in [5, 5.41) is 9.51. The van der Waals surface area contributed by atoms with Gasteiger partial charge in [-0.25, -0.2) is 4.79 Å². The zero-order valence-corrected chi connectivity index (χ0v) is 26.5. The van der Waals surface area contributed by atoms with E-state index >= 15 is 0 Å². The molecule has 0 aromatic heterocycles. The predicted molar refractivity (Wildman–Crippen MR) is 165 cm³/mol. The first-order valence-corrected chi connectivity index (χ1v) is 15.5. The fraction of sp³-hybridized carbons (Fsp3) is 0.727.